The molecule has 1 aliphatic rings. The highest BCUT2D eigenvalue weighted by Gasteiger charge is 2.14. The number of nitrogens with one attached hydrogen (secondary N) is 2. The summed E-state index contributed by atoms with van der Waals surface area (Å²) in [6.07, 6.45) is 4.20. The first kappa shape index (κ1) is 15.0. The summed E-state index contributed by atoms with van der Waals surface area (Å²) in [4.78, 5) is 8.42. The molecule has 1 aromatic carbocycles. The number of rotatable bonds is 5. The number of hydrogen-bond acceptors (Lipinski definition) is 5. The highest BCUT2D eigenvalue weighted by atomic mass is 35.5. The van der Waals surface area contributed by atoms with Crippen molar-refractivity contribution in [1.82, 2.24) is 15.3 Å². The Morgan fingerprint density at radius 1 is 1.41 bits per heavy atom. The topological polar surface area (TPSA) is 59.1 Å². The third kappa shape index (κ3) is 3.84. The normalized spacial score (nSPS) is 17.5. The fourth-order valence-electron chi connectivity index (χ4n) is 2.26. The molecule has 1 fully saturated rings. The van der Waals surface area contributed by atoms with Crippen LogP contribution in [0.4, 0.5) is 10.2 Å². The molecule has 0 aliphatic carbocycles. The number of halogens is 2. The van der Waals surface area contributed by atoms with E-state index in [0.717, 1.165) is 19.5 Å². The van der Waals surface area contributed by atoms with Crippen LogP contribution in [-0.2, 0) is 6.61 Å². The van der Waals surface area contributed by atoms with Gasteiger partial charge in [-0.05, 0) is 25.1 Å². The fourth-order valence-corrected chi connectivity index (χ4v) is 2.42. The number of anilines is 1. The fraction of sp³-hybridized carbons (Fsp3) is 0.333. The number of benzene rings is 1. The minimum atomic E-state index is -0.397. The first-order valence-corrected chi connectivity index (χ1v) is 7.44. The number of ether oxygens (including phenoxy) is 1. The molecule has 0 spiro atoms. The number of aromatic nitrogens is 2. The molecule has 3 rings (SSSR count). The molecule has 0 amide bonds. The Kier molecular flexibility index (Phi) is 4.70. The molecular formula is C15H16ClFN4O. The number of nitrogens with zero attached hydrogens (tertiary/aromatic N) is 2. The quantitative estimate of drug-likeness (QED) is 0.886. The van der Waals surface area contributed by atoms with Crippen molar-refractivity contribution in [2.24, 2.45) is 0 Å². The van der Waals surface area contributed by atoms with Gasteiger partial charge in [-0.2, -0.15) is 4.98 Å². The molecule has 7 heteroatoms. The van der Waals surface area contributed by atoms with Crippen LogP contribution < -0.4 is 15.4 Å². The first-order valence-electron chi connectivity index (χ1n) is 7.07. The zero-order chi connectivity index (χ0) is 15.4. The van der Waals surface area contributed by atoms with Crippen LogP contribution in [0.25, 0.3) is 0 Å². The van der Waals surface area contributed by atoms with Gasteiger partial charge in [0.1, 0.15) is 18.2 Å². The average Bonchev–Trinajstić information content (AvgIpc) is 3.00. The summed E-state index contributed by atoms with van der Waals surface area (Å²) in [7, 11) is 0. The summed E-state index contributed by atoms with van der Waals surface area (Å²) < 4.78 is 19.2. The van der Waals surface area contributed by atoms with Crippen LogP contribution in [0, 0.1) is 5.82 Å². The van der Waals surface area contributed by atoms with E-state index in [2.05, 4.69) is 20.6 Å². The largest absolute Gasteiger partial charge is 0.472 e. The van der Waals surface area contributed by atoms with E-state index < -0.39 is 5.82 Å². The molecule has 0 bridgehead atoms. The second kappa shape index (κ2) is 6.89. The van der Waals surface area contributed by atoms with Crippen molar-refractivity contribution in [3.05, 3.63) is 47.0 Å². The summed E-state index contributed by atoms with van der Waals surface area (Å²) in [5.41, 5.74) is 0.421. The predicted molar refractivity (Wildman–Crippen MR) is 82.7 cm³/mol. The molecule has 0 radical (unpaired) electrons. The lowest BCUT2D eigenvalue weighted by Gasteiger charge is -2.12. The minimum Gasteiger partial charge on any atom is -0.472 e. The van der Waals surface area contributed by atoms with Gasteiger partial charge in [-0.25, -0.2) is 4.39 Å². The van der Waals surface area contributed by atoms with Crippen molar-refractivity contribution >= 4 is 17.4 Å². The van der Waals surface area contributed by atoms with Gasteiger partial charge in [0.05, 0.1) is 12.4 Å². The van der Waals surface area contributed by atoms with Gasteiger partial charge in [0, 0.05) is 23.2 Å². The Balaban J connectivity index is 1.62. The SMILES string of the molecule is Fc1cc(Cl)ccc1COc1cncc(N[C@@H]2CCNC2)n1. The molecule has 2 heterocycles. The van der Waals surface area contributed by atoms with E-state index in [9.17, 15) is 4.39 Å². The second-order valence-corrected chi connectivity index (χ2v) is 5.54. The van der Waals surface area contributed by atoms with E-state index >= 15 is 0 Å². The van der Waals surface area contributed by atoms with Crippen molar-refractivity contribution in [2.45, 2.75) is 19.1 Å². The zero-order valence-corrected chi connectivity index (χ0v) is 12.6. The van der Waals surface area contributed by atoms with E-state index in [1.165, 1.54) is 12.3 Å². The Bertz CT molecular complexity index is 649. The third-order valence-electron chi connectivity index (χ3n) is 3.42. The molecule has 116 valence electrons. The van der Waals surface area contributed by atoms with E-state index in [1.54, 1.807) is 18.3 Å². The molecule has 2 aromatic rings. The van der Waals surface area contributed by atoms with Crippen molar-refractivity contribution in [1.29, 1.82) is 0 Å². The Labute approximate surface area is 132 Å². The van der Waals surface area contributed by atoms with Crippen LogP contribution in [-0.4, -0.2) is 29.1 Å². The lowest BCUT2D eigenvalue weighted by Crippen LogP contribution is -2.22. The molecule has 1 aromatic heterocycles. The summed E-state index contributed by atoms with van der Waals surface area (Å²) >= 11 is 5.72. The van der Waals surface area contributed by atoms with Crippen molar-refractivity contribution in [2.75, 3.05) is 18.4 Å². The van der Waals surface area contributed by atoms with Gasteiger partial charge < -0.3 is 15.4 Å². The Morgan fingerprint density at radius 3 is 3.09 bits per heavy atom. The van der Waals surface area contributed by atoms with Crippen LogP contribution in [0.1, 0.15) is 12.0 Å². The molecule has 0 unspecified atom stereocenters. The van der Waals surface area contributed by atoms with Crippen LogP contribution >= 0.6 is 11.6 Å². The van der Waals surface area contributed by atoms with Gasteiger partial charge in [-0.1, -0.05) is 17.7 Å². The second-order valence-electron chi connectivity index (χ2n) is 5.10. The summed E-state index contributed by atoms with van der Waals surface area (Å²) in [5.74, 6) is 0.611. The van der Waals surface area contributed by atoms with Crippen molar-refractivity contribution in [3.63, 3.8) is 0 Å². The van der Waals surface area contributed by atoms with Gasteiger partial charge >= 0.3 is 0 Å². The summed E-state index contributed by atoms with van der Waals surface area (Å²) in [6, 6.07) is 4.83. The van der Waals surface area contributed by atoms with Gasteiger partial charge in [0.25, 0.3) is 0 Å². The minimum absolute atomic E-state index is 0.0755. The smallest absolute Gasteiger partial charge is 0.234 e. The van der Waals surface area contributed by atoms with Gasteiger partial charge in [0.2, 0.25) is 5.88 Å². The average molecular weight is 323 g/mol. The Hall–Kier alpha value is -1.92. The van der Waals surface area contributed by atoms with Crippen LogP contribution in [0.5, 0.6) is 5.88 Å². The standard InChI is InChI=1S/C15H16ClFN4O/c16-11-2-1-10(13(17)5-11)9-22-15-8-19-7-14(21-15)20-12-3-4-18-6-12/h1-2,5,7-8,12,18H,3-4,6,9H2,(H,20,21)/t12-/m1/s1. The van der Waals surface area contributed by atoms with Crippen molar-refractivity contribution < 1.29 is 9.13 Å². The van der Waals surface area contributed by atoms with Crippen LogP contribution in [0.2, 0.25) is 5.02 Å². The molecule has 0 saturated carbocycles. The van der Waals surface area contributed by atoms with E-state index in [-0.39, 0.29) is 6.61 Å². The highest BCUT2D eigenvalue weighted by Crippen LogP contribution is 2.17. The molecule has 1 aliphatic heterocycles. The monoisotopic (exact) mass is 322 g/mol. The molecule has 22 heavy (non-hydrogen) atoms. The van der Waals surface area contributed by atoms with Gasteiger partial charge in [-0.3, -0.25) is 4.98 Å². The maximum atomic E-state index is 13.7. The molecule has 1 atom stereocenters. The zero-order valence-electron chi connectivity index (χ0n) is 11.9. The molecular weight excluding hydrogens is 307 g/mol. The maximum Gasteiger partial charge on any atom is 0.234 e. The van der Waals surface area contributed by atoms with E-state index in [0.29, 0.717) is 28.3 Å². The van der Waals surface area contributed by atoms with Crippen LogP contribution in [0.3, 0.4) is 0 Å². The number of hydrogen-bond donors (Lipinski definition) is 2. The van der Waals surface area contributed by atoms with Crippen molar-refractivity contribution in [3.8, 4) is 5.88 Å². The van der Waals surface area contributed by atoms with Gasteiger partial charge in [0.15, 0.2) is 0 Å². The molecule has 5 nitrogen and oxygen atoms in total. The predicted octanol–water partition coefficient (Wildman–Crippen LogP) is 2.62. The summed E-state index contributed by atoms with van der Waals surface area (Å²) in [5, 5.41) is 6.92. The van der Waals surface area contributed by atoms with E-state index in [1.807, 2.05) is 0 Å². The lowest BCUT2D eigenvalue weighted by atomic mass is 10.2. The van der Waals surface area contributed by atoms with E-state index in [4.69, 9.17) is 16.3 Å². The third-order valence-corrected chi connectivity index (χ3v) is 3.65. The lowest BCUT2D eigenvalue weighted by molar-refractivity contribution is 0.287. The molecule has 2 N–H and O–H groups in total. The van der Waals surface area contributed by atoms with Crippen LogP contribution in [0.15, 0.2) is 30.6 Å². The maximum absolute atomic E-state index is 13.7. The summed E-state index contributed by atoms with van der Waals surface area (Å²) in [6.45, 7) is 1.98. The van der Waals surface area contributed by atoms with Gasteiger partial charge in [-0.15, -0.1) is 0 Å². The highest BCUT2D eigenvalue weighted by molar-refractivity contribution is 6.30. The Morgan fingerprint density at radius 2 is 2.32 bits per heavy atom. The molecule has 1 saturated heterocycles. The first-order chi connectivity index (χ1) is 10.7.